The lowest BCUT2D eigenvalue weighted by Crippen LogP contribution is -2.52. The van der Waals surface area contributed by atoms with Crippen LogP contribution in [0.3, 0.4) is 0 Å². The van der Waals surface area contributed by atoms with Crippen molar-refractivity contribution in [3.05, 3.63) is 27.7 Å². The smallest absolute Gasteiger partial charge is 0.242 e. The van der Waals surface area contributed by atoms with E-state index in [1.807, 2.05) is 6.92 Å². The topological polar surface area (TPSA) is 66.4 Å². The molecule has 1 aliphatic rings. The molecule has 4 nitrogen and oxygen atoms in total. The third kappa shape index (κ3) is 2.97. The largest absolute Gasteiger partial charge is 0.392 e. The molecular formula is C13H17Cl2NO3S. The van der Waals surface area contributed by atoms with Crippen molar-refractivity contribution in [1.82, 2.24) is 4.72 Å². The van der Waals surface area contributed by atoms with Crippen LogP contribution in [0.25, 0.3) is 0 Å². The van der Waals surface area contributed by atoms with Crippen LogP contribution in [0.15, 0.2) is 17.0 Å². The number of aliphatic hydroxyl groups is 1. The summed E-state index contributed by atoms with van der Waals surface area (Å²) in [4.78, 5) is -0.0349. The Bertz CT molecular complexity index is 607. The van der Waals surface area contributed by atoms with Crippen molar-refractivity contribution in [2.75, 3.05) is 0 Å². The Morgan fingerprint density at radius 1 is 1.30 bits per heavy atom. The second kappa shape index (κ2) is 5.81. The zero-order chi connectivity index (χ0) is 15.0. The van der Waals surface area contributed by atoms with E-state index in [-0.39, 0.29) is 27.1 Å². The van der Waals surface area contributed by atoms with Crippen LogP contribution in [0.5, 0.6) is 0 Å². The van der Waals surface area contributed by atoms with E-state index < -0.39 is 10.0 Å². The molecule has 20 heavy (non-hydrogen) atoms. The van der Waals surface area contributed by atoms with E-state index in [4.69, 9.17) is 23.2 Å². The summed E-state index contributed by atoms with van der Waals surface area (Å²) in [6.07, 6.45) is 3.43. The Balaban J connectivity index is 2.39. The Labute approximate surface area is 129 Å². The van der Waals surface area contributed by atoms with Gasteiger partial charge < -0.3 is 5.11 Å². The van der Waals surface area contributed by atoms with E-state index in [1.165, 1.54) is 12.1 Å². The van der Waals surface area contributed by atoms with E-state index in [0.717, 1.165) is 25.7 Å². The molecule has 0 bridgehead atoms. The summed E-state index contributed by atoms with van der Waals surface area (Å²) in [7, 11) is -3.72. The minimum atomic E-state index is -3.72. The summed E-state index contributed by atoms with van der Waals surface area (Å²) in [5.74, 6) is 0. The Morgan fingerprint density at radius 2 is 1.95 bits per heavy atom. The first-order chi connectivity index (χ1) is 9.33. The van der Waals surface area contributed by atoms with Gasteiger partial charge in [0.05, 0.1) is 11.6 Å². The molecule has 0 atom stereocenters. The maximum absolute atomic E-state index is 12.5. The first-order valence-electron chi connectivity index (χ1n) is 6.46. The highest BCUT2D eigenvalue weighted by Gasteiger charge is 2.39. The van der Waals surface area contributed by atoms with Crippen molar-refractivity contribution < 1.29 is 13.5 Å². The lowest BCUT2D eigenvalue weighted by atomic mass is 9.76. The molecule has 1 aromatic rings. The van der Waals surface area contributed by atoms with E-state index >= 15 is 0 Å². The average molecular weight is 338 g/mol. The van der Waals surface area contributed by atoms with Gasteiger partial charge in [-0.15, -0.1) is 0 Å². The van der Waals surface area contributed by atoms with Crippen LogP contribution in [-0.4, -0.2) is 19.1 Å². The van der Waals surface area contributed by atoms with Crippen LogP contribution in [-0.2, 0) is 16.6 Å². The second-order valence-corrected chi connectivity index (χ2v) is 7.59. The number of sulfonamides is 1. The Kier molecular flexibility index (Phi) is 4.66. The summed E-state index contributed by atoms with van der Waals surface area (Å²) in [5, 5.41) is 9.51. The maximum atomic E-state index is 12.5. The van der Waals surface area contributed by atoms with Crippen LogP contribution in [0, 0.1) is 0 Å². The number of halogens is 2. The van der Waals surface area contributed by atoms with E-state index in [2.05, 4.69) is 4.72 Å². The predicted molar refractivity (Wildman–Crippen MR) is 79.6 cm³/mol. The van der Waals surface area contributed by atoms with Gasteiger partial charge in [0.2, 0.25) is 10.0 Å². The van der Waals surface area contributed by atoms with Crippen LogP contribution in [0.1, 0.15) is 38.2 Å². The molecule has 0 saturated heterocycles. The molecule has 1 aromatic carbocycles. The molecule has 2 rings (SSSR count). The minimum Gasteiger partial charge on any atom is -0.392 e. The molecule has 7 heteroatoms. The molecule has 112 valence electrons. The second-order valence-electron chi connectivity index (χ2n) is 5.13. The summed E-state index contributed by atoms with van der Waals surface area (Å²) >= 11 is 11.9. The quantitative estimate of drug-likeness (QED) is 0.867. The van der Waals surface area contributed by atoms with Crippen LogP contribution in [0.4, 0.5) is 0 Å². The van der Waals surface area contributed by atoms with Crippen LogP contribution >= 0.6 is 23.2 Å². The minimum absolute atomic E-state index is 0.0349. The summed E-state index contributed by atoms with van der Waals surface area (Å²) in [6.45, 7) is 1.63. The van der Waals surface area contributed by atoms with E-state index in [9.17, 15) is 13.5 Å². The molecule has 0 heterocycles. The number of hydrogen-bond acceptors (Lipinski definition) is 3. The van der Waals surface area contributed by atoms with Gasteiger partial charge in [-0.3, -0.25) is 0 Å². The lowest BCUT2D eigenvalue weighted by molar-refractivity contribution is 0.214. The van der Waals surface area contributed by atoms with Crippen molar-refractivity contribution in [1.29, 1.82) is 0 Å². The molecule has 0 unspecified atom stereocenters. The maximum Gasteiger partial charge on any atom is 0.242 e. The average Bonchev–Trinajstić information content (AvgIpc) is 2.33. The first kappa shape index (κ1) is 16.0. The molecule has 0 spiro atoms. The number of aliphatic hydroxyl groups excluding tert-OH is 1. The molecule has 1 saturated carbocycles. The summed E-state index contributed by atoms with van der Waals surface area (Å²) in [5.41, 5.74) is -0.0168. The molecule has 0 aromatic heterocycles. The Morgan fingerprint density at radius 3 is 2.40 bits per heavy atom. The van der Waals surface area contributed by atoms with Gasteiger partial charge in [-0.1, -0.05) is 30.1 Å². The van der Waals surface area contributed by atoms with E-state index in [0.29, 0.717) is 5.56 Å². The number of benzene rings is 1. The fourth-order valence-corrected chi connectivity index (χ4v) is 4.76. The van der Waals surface area contributed by atoms with Gasteiger partial charge in [0, 0.05) is 10.6 Å². The normalized spacial score (nSPS) is 17.8. The summed E-state index contributed by atoms with van der Waals surface area (Å²) < 4.78 is 27.7. The van der Waals surface area contributed by atoms with Gasteiger partial charge in [0.1, 0.15) is 4.90 Å². The SMILES string of the molecule is CCC1(NS(=O)(=O)c2cc(CO)c(Cl)cc2Cl)CCC1. The monoisotopic (exact) mass is 337 g/mol. The van der Waals surface area contributed by atoms with Gasteiger partial charge in [-0.25, -0.2) is 13.1 Å². The third-order valence-corrected chi connectivity index (χ3v) is 6.29. The van der Waals surface area contributed by atoms with Gasteiger partial charge >= 0.3 is 0 Å². The van der Waals surface area contributed by atoms with E-state index in [1.54, 1.807) is 0 Å². The molecule has 1 fully saturated rings. The van der Waals surface area contributed by atoms with Crippen molar-refractivity contribution in [3.8, 4) is 0 Å². The molecule has 0 radical (unpaired) electrons. The van der Waals surface area contributed by atoms with Crippen molar-refractivity contribution in [3.63, 3.8) is 0 Å². The molecule has 0 amide bonds. The number of rotatable bonds is 5. The number of hydrogen-bond donors (Lipinski definition) is 2. The van der Waals surface area contributed by atoms with Crippen molar-refractivity contribution in [2.24, 2.45) is 0 Å². The first-order valence-corrected chi connectivity index (χ1v) is 8.70. The number of nitrogens with one attached hydrogen (secondary N) is 1. The molecule has 2 N–H and O–H groups in total. The van der Waals surface area contributed by atoms with Crippen LogP contribution in [0.2, 0.25) is 10.0 Å². The van der Waals surface area contributed by atoms with Crippen molar-refractivity contribution >= 4 is 33.2 Å². The standard InChI is InChI=1S/C13H17Cl2NO3S/c1-2-13(4-3-5-13)16-20(18,19)12-6-9(8-17)10(14)7-11(12)15/h6-7,16-17H,2-5,8H2,1H3. The highest BCUT2D eigenvalue weighted by Crippen LogP contribution is 2.37. The molecule has 0 aliphatic heterocycles. The van der Waals surface area contributed by atoms with Gasteiger partial charge in [-0.2, -0.15) is 0 Å². The predicted octanol–water partition coefficient (Wildman–Crippen LogP) is 3.10. The van der Waals surface area contributed by atoms with Crippen LogP contribution < -0.4 is 4.72 Å². The third-order valence-electron chi connectivity index (χ3n) is 3.90. The molecular weight excluding hydrogens is 321 g/mol. The molecule has 1 aliphatic carbocycles. The van der Waals surface area contributed by atoms with Gasteiger partial charge in [0.15, 0.2) is 0 Å². The fraction of sp³-hybridized carbons (Fsp3) is 0.538. The summed E-state index contributed by atoms with van der Waals surface area (Å²) in [6, 6.07) is 2.68. The van der Waals surface area contributed by atoms with Gasteiger partial charge in [-0.05, 0) is 43.4 Å². The highest BCUT2D eigenvalue weighted by atomic mass is 35.5. The Hall–Kier alpha value is -0.330. The van der Waals surface area contributed by atoms with Gasteiger partial charge in [0.25, 0.3) is 0 Å². The zero-order valence-corrected chi connectivity index (χ0v) is 13.4. The zero-order valence-electron chi connectivity index (χ0n) is 11.1. The fourth-order valence-electron chi connectivity index (χ4n) is 2.37. The highest BCUT2D eigenvalue weighted by molar-refractivity contribution is 7.89. The lowest BCUT2D eigenvalue weighted by Gasteiger charge is -2.41. The van der Waals surface area contributed by atoms with Crippen molar-refractivity contribution in [2.45, 2.75) is 49.6 Å².